The second-order valence-corrected chi connectivity index (χ2v) is 8.38. The maximum absolute atomic E-state index is 12.4. The molecule has 0 aliphatic heterocycles. The molecule has 3 N–H and O–H groups in total. The van der Waals surface area contributed by atoms with Crippen molar-refractivity contribution in [3.05, 3.63) is 29.3 Å². The van der Waals surface area contributed by atoms with E-state index in [0.29, 0.717) is 30.7 Å². The van der Waals surface area contributed by atoms with Crippen molar-refractivity contribution in [2.75, 3.05) is 0 Å². The lowest BCUT2D eigenvalue weighted by molar-refractivity contribution is -0.149. The highest BCUT2D eigenvalue weighted by Gasteiger charge is 2.42. The van der Waals surface area contributed by atoms with Gasteiger partial charge in [0.25, 0.3) is 0 Å². The van der Waals surface area contributed by atoms with Crippen LogP contribution in [0.2, 0.25) is 5.02 Å². The second-order valence-electron chi connectivity index (χ2n) is 6.23. The second kappa shape index (κ2) is 7.72. The number of amides is 1. The molecule has 1 unspecified atom stereocenters. The number of hydrogen-bond acceptors (Lipinski definition) is 4. The molecule has 1 aliphatic rings. The minimum Gasteiger partial charge on any atom is -0.480 e. The van der Waals surface area contributed by atoms with Gasteiger partial charge in [-0.05, 0) is 44.0 Å². The zero-order valence-corrected chi connectivity index (χ0v) is 15.4. The van der Waals surface area contributed by atoms with Crippen molar-refractivity contribution in [1.29, 1.82) is 0 Å². The molecule has 1 atom stereocenters. The Hall–Kier alpha value is -1.64. The fourth-order valence-electron chi connectivity index (χ4n) is 2.86. The number of benzene rings is 1. The molecule has 1 amide bonds. The van der Waals surface area contributed by atoms with Crippen molar-refractivity contribution >= 4 is 33.5 Å². The molecule has 0 aromatic heterocycles. The summed E-state index contributed by atoms with van der Waals surface area (Å²) in [7, 11) is -3.92. The molecule has 138 valence electrons. The number of nitrogens with one attached hydrogen (secondary N) is 2. The number of carbonyl (C=O) groups excluding carboxylic acids is 1. The van der Waals surface area contributed by atoms with Crippen LogP contribution in [0.4, 0.5) is 0 Å². The summed E-state index contributed by atoms with van der Waals surface area (Å²) in [6, 6.07) is 4.41. The molecule has 1 fully saturated rings. The van der Waals surface area contributed by atoms with Gasteiger partial charge in [0.15, 0.2) is 0 Å². The molecule has 0 spiro atoms. The van der Waals surface area contributed by atoms with Crippen molar-refractivity contribution in [1.82, 2.24) is 10.0 Å². The number of hydrogen-bond donors (Lipinski definition) is 3. The predicted molar refractivity (Wildman–Crippen MR) is 92.8 cm³/mol. The summed E-state index contributed by atoms with van der Waals surface area (Å²) in [4.78, 5) is 23.9. The van der Waals surface area contributed by atoms with Crippen LogP contribution in [0, 0.1) is 0 Å². The van der Waals surface area contributed by atoms with Crippen LogP contribution in [0.5, 0.6) is 0 Å². The normalized spacial score (nSPS) is 18.3. The van der Waals surface area contributed by atoms with Gasteiger partial charge in [0.1, 0.15) is 5.54 Å². The number of carbonyl (C=O) groups is 2. The summed E-state index contributed by atoms with van der Waals surface area (Å²) in [6.07, 6.45) is 3.01. The van der Waals surface area contributed by atoms with Crippen LogP contribution in [0.15, 0.2) is 29.2 Å². The van der Waals surface area contributed by atoms with Crippen LogP contribution in [0.1, 0.15) is 39.0 Å². The largest absolute Gasteiger partial charge is 0.480 e. The molecule has 0 bridgehead atoms. The molecule has 7 nitrogen and oxygen atoms in total. The first-order valence-electron chi connectivity index (χ1n) is 8.00. The Balaban J connectivity index is 2.08. The summed E-state index contributed by atoms with van der Waals surface area (Å²) < 4.78 is 26.9. The highest BCUT2D eigenvalue weighted by Crippen LogP contribution is 2.28. The monoisotopic (exact) mass is 388 g/mol. The van der Waals surface area contributed by atoms with Crippen LogP contribution in [-0.2, 0) is 19.6 Å². The number of carboxylic acid groups (broad SMARTS) is 1. The van der Waals surface area contributed by atoms with Crippen molar-refractivity contribution in [3.63, 3.8) is 0 Å². The maximum atomic E-state index is 12.4. The van der Waals surface area contributed by atoms with Crippen LogP contribution in [0.3, 0.4) is 0 Å². The third kappa shape index (κ3) is 4.71. The van der Waals surface area contributed by atoms with Gasteiger partial charge in [-0.25, -0.2) is 13.2 Å². The standard InChI is InChI=1S/C16H21ClN2O5S/c1-11(19-25(23,24)13-7-5-12(17)6-8-13)14(20)18-16(15(21)22)9-3-2-4-10-16/h5-8,11,19H,2-4,9-10H2,1H3,(H,18,20)(H,21,22). The van der Waals surface area contributed by atoms with E-state index in [1.54, 1.807) is 0 Å². The Kier molecular flexibility index (Phi) is 6.08. The Bertz CT molecular complexity index is 742. The zero-order chi connectivity index (χ0) is 18.7. The number of rotatable bonds is 6. The summed E-state index contributed by atoms with van der Waals surface area (Å²) in [6.45, 7) is 1.38. The van der Waals surface area contributed by atoms with E-state index in [2.05, 4.69) is 10.0 Å². The molecular formula is C16H21ClN2O5S. The summed E-state index contributed by atoms with van der Waals surface area (Å²) in [5, 5.41) is 12.4. The Morgan fingerprint density at radius 1 is 1.16 bits per heavy atom. The topological polar surface area (TPSA) is 113 Å². The van der Waals surface area contributed by atoms with Crippen LogP contribution in [-0.4, -0.2) is 37.0 Å². The van der Waals surface area contributed by atoms with Crippen LogP contribution in [0.25, 0.3) is 0 Å². The number of aliphatic carboxylic acids is 1. The molecule has 1 aliphatic carbocycles. The molecular weight excluding hydrogens is 368 g/mol. The van der Waals surface area contributed by atoms with E-state index in [4.69, 9.17) is 11.6 Å². The maximum Gasteiger partial charge on any atom is 0.329 e. The highest BCUT2D eigenvalue weighted by atomic mass is 35.5. The Morgan fingerprint density at radius 2 is 1.72 bits per heavy atom. The van der Waals surface area contributed by atoms with E-state index >= 15 is 0 Å². The van der Waals surface area contributed by atoms with Gasteiger partial charge < -0.3 is 10.4 Å². The highest BCUT2D eigenvalue weighted by molar-refractivity contribution is 7.89. The Labute approximate surface area is 151 Å². The molecule has 1 aromatic carbocycles. The van der Waals surface area contributed by atoms with Gasteiger partial charge >= 0.3 is 5.97 Å². The molecule has 1 saturated carbocycles. The molecule has 1 aromatic rings. The van der Waals surface area contributed by atoms with Gasteiger partial charge in [-0.2, -0.15) is 4.72 Å². The zero-order valence-electron chi connectivity index (χ0n) is 13.8. The van der Waals surface area contributed by atoms with Crippen molar-refractivity contribution in [2.45, 2.75) is 55.5 Å². The lowest BCUT2D eigenvalue weighted by atomic mass is 9.81. The molecule has 9 heteroatoms. The minimum absolute atomic E-state index is 0.0258. The number of carboxylic acids is 1. The predicted octanol–water partition coefficient (Wildman–Crippen LogP) is 1.91. The number of sulfonamides is 1. The van der Waals surface area contributed by atoms with Gasteiger partial charge in [-0.15, -0.1) is 0 Å². The third-order valence-corrected chi connectivity index (χ3v) is 6.14. The van der Waals surface area contributed by atoms with Crippen LogP contribution >= 0.6 is 11.6 Å². The van der Waals surface area contributed by atoms with E-state index in [-0.39, 0.29) is 4.90 Å². The lowest BCUT2D eigenvalue weighted by Gasteiger charge is -2.34. The van der Waals surface area contributed by atoms with E-state index in [9.17, 15) is 23.1 Å². The summed E-state index contributed by atoms with van der Waals surface area (Å²) in [5.41, 5.74) is -1.32. The fraction of sp³-hybridized carbons (Fsp3) is 0.500. The molecule has 0 saturated heterocycles. The quantitative estimate of drug-likeness (QED) is 0.689. The first kappa shape index (κ1) is 19.7. The third-order valence-electron chi connectivity index (χ3n) is 4.33. The van der Waals surface area contributed by atoms with E-state index in [0.717, 1.165) is 6.42 Å². The van der Waals surface area contributed by atoms with Gasteiger partial charge in [-0.3, -0.25) is 4.79 Å². The van der Waals surface area contributed by atoms with Gasteiger partial charge in [0.2, 0.25) is 15.9 Å². The average molecular weight is 389 g/mol. The van der Waals surface area contributed by atoms with E-state index < -0.39 is 33.5 Å². The van der Waals surface area contributed by atoms with Crippen molar-refractivity contribution in [2.24, 2.45) is 0 Å². The lowest BCUT2D eigenvalue weighted by Crippen LogP contribution is -2.59. The molecule has 25 heavy (non-hydrogen) atoms. The van der Waals surface area contributed by atoms with Crippen molar-refractivity contribution in [3.8, 4) is 0 Å². The van der Waals surface area contributed by atoms with Gasteiger partial charge in [-0.1, -0.05) is 30.9 Å². The fourth-order valence-corrected chi connectivity index (χ4v) is 4.19. The first-order valence-corrected chi connectivity index (χ1v) is 9.86. The van der Waals surface area contributed by atoms with E-state index in [1.807, 2.05) is 0 Å². The molecule has 2 rings (SSSR count). The summed E-state index contributed by atoms with van der Waals surface area (Å²) in [5.74, 6) is -1.75. The number of halogens is 1. The van der Waals surface area contributed by atoms with Crippen molar-refractivity contribution < 1.29 is 23.1 Å². The van der Waals surface area contributed by atoms with Crippen LogP contribution < -0.4 is 10.0 Å². The molecule has 0 heterocycles. The average Bonchev–Trinajstić information content (AvgIpc) is 2.55. The van der Waals surface area contributed by atoms with Gasteiger partial charge in [0.05, 0.1) is 10.9 Å². The molecule has 0 radical (unpaired) electrons. The van der Waals surface area contributed by atoms with E-state index in [1.165, 1.54) is 31.2 Å². The smallest absolute Gasteiger partial charge is 0.329 e. The Morgan fingerprint density at radius 3 is 2.24 bits per heavy atom. The minimum atomic E-state index is -3.92. The van der Waals surface area contributed by atoms with Gasteiger partial charge in [0, 0.05) is 5.02 Å². The summed E-state index contributed by atoms with van der Waals surface area (Å²) >= 11 is 5.74. The SMILES string of the molecule is CC(NS(=O)(=O)c1ccc(Cl)cc1)C(=O)NC1(C(=O)O)CCCCC1. The first-order chi connectivity index (χ1) is 11.7.